The minimum Gasteiger partial charge on any atom is -0.261 e. The van der Waals surface area contributed by atoms with E-state index in [1.54, 1.807) is 24.0 Å². The van der Waals surface area contributed by atoms with E-state index in [-0.39, 0.29) is 5.82 Å². The van der Waals surface area contributed by atoms with Crippen molar-refractivity contribution in [2.24, 2.45) is 10.1 Å². The van der Waals surface area contributed by atoms with Crippen molar-refractivity contribution in [1.82, 2.24) is 4.68 Å². The van der Waals surface area contributed by atoms with Gasteiger partial charge in [0.2, 0.25) is 4.80 Å². The Hall–Kier alpha value is -2.05. The average molecular weight is 390 g/mol. The molecule has 1 aromatic heterocycles. The summed E-state index contributed by atoms with van der Waals surface area (Å²) in [6.07, 6.45) is 1.63. The molecule has 0 aliphatic carbocycles. The predicted molar refractivity (Wildman–Crippen MR) is 96.3 cm³/mol. The molecule has 0 fully saturated rings. The molecule has 0 saturated carbocycles. The Kier molecular flexibility index (Phi) is 4.83. The van der Waals surface area contributed by atoms with E-state index in [0.717, 1.165) is 20.5 Å². The number of thiazole rings is 1. The van der Waals surface area contributed by atoms with Crippen molar-refractivity contribution in [2.45, 2.75) is 0 Å². The van der Waals surface area contributed by atoms with Gasteiger partial charge in [0.25, 0.3) is 0 Å². The molecule has 3 nitrogen and oxygen atoms in total. The topological polar surface area (TPSA) is 29.6 Å². The Morgan fingerprint density at radius 2 is 1.96 bits per heavy atom. The van der Waals surface area contributed by atoms with E-state index in [1.165, 1.54) is 23.5 Å². The first kappa shape index (κ1) is 15.8. The minimum atomic E-state index is -0.280. The van der Waals surface area contributed by atoms with Gasteiger partial charge < -0.3 is 0 Å². The van der Waals surface area contributed by atoms with Crippen LogP contribution in [0.4, 0.5) is 4.39 Å². The van der Waals surface area contributed by atoms with Gasteiger partial charge in [0.15, 0.2) is 0 Å². The summed E-state index contributed by atoms with van der Waals surface area (Å²) in [5.41, 5.74) is 2.68. The molecular weight excluding hydrogens is 377 g/mol. The summed E-state index contributed by atoms with van der Waals surface area (Å²) in [4.78, 5) is 5.02. The summed E-state index contributed by atoms with van der Waals surface area (Å²) < 4.78 is 16.1. The molecule has 116 valence electrons. The maximum atomic E-state index is 13.3. The smallest absolute Gasteiger partial charge is 0.205 e. The third-order valence-corrected chi connectivity index (χ3v) is 4.62. The first-order valence-corrected chi connectivity index (χ1v) is 8.54. The van der Waals surface area contributed by atoms with E-state index >= 15 is 0 Å². The van der Waals surface area contributed by atoms with E-state index < -0.39 is 0 Å². The normalized spacial score (nSPS) is 12.2. The lowest BCUT2D eigenvalue weighted by Gasteiger charge is -2.03. The molecule has 0 amide bonds. The zero-order valence-electron chi connectivity index (χ0n) is 12.3. The van der Waals surface area contributed by atoms with Gasteiger partial charge in [-0.05, 0) is 29.8 Å². The van der Waals surface area contributed by atoms with E-state index in [1.807, 2.05) is 35.7 Å². The van der Waals surface area contributed by atoms with E-state index in [2.05, 4.69) is 26.0 Å². The van der Waals surface area contributed by atoms with E-state index in [4.69, 9.17) is 0 Å². The number of hydrogen-bond donors (Lipinski definition) is 0. The van der Waals surface area contributed by atoms with Crippen molar-refractivity contribution < 1.29 is 4.39 Å². The van der Waals surface area contributed by atoms with Gasteiger partial charge in [0, 0.05) is 22.5 Å². The maximum Gasteiger partial charge on any atom is 0.205 e. The number of benzene rings is 2. The number of rotatable bonds is 3. The predicted octanol–water partition coefficient (Wildman–Crippen LogP) is 4.53. The van der Waals surface area contributed by atoms with Gasteiger partial charge in [-0.15, -0.1) is 11.3 Å². The van der Waals surface area contributed by atoms with Crippen LogP contribution in [0.25, 0.3) is 11.3 Å². The zero-order valence-corrected chi connectivity index (χ0v) is 14.7. The third-order valence-electron chi connectivity index (χ3n) is 3.19. The molecule has 3 rings (SSSR count). The van der Waals surface area contributed by atoms with E-state index in [9.17, 15) is 4.39 Å². The quantitative estimate of drug-likeness (QED) is 0.589. The number of halogens is 2. The molecule has 6 heteroatoms. The van der Waals surface area contributed by atoms with Crippen LogP contribution in [0.15, 0.2) is 68.5 Å². The zero-order chi connectivity index (χ0) is 16.2. The lowest BCUT2D eigenvalue weighted by atomic mass is 10.2. The highest BCUT2D eigenvalue weighted by atomic mass is 79.9. The lowest BCUT2D eigenvalue weighted by molar-refractivity contribution is 0.627. The molecule has 0 aliphatic heterocycles. The fourth-order valence-electron chi connectivity index (χ4n) is 2.09. The van der Waals surface area contributed by atoms with Crippen LogP contribution in [0.2, 0.25) is 0 Å². The summed E-state index contributed by atoms with van der Waals surface area (Å²) in [6.45, 7) is 0. The van der Waals surface area contributed by atoms with Crippen LogP contribution in [0.5, 0.6) is 0 Å². The summed E-state index contributed by atoms with van der Waals surface area (Å²) in [6, 6.07) is 14.3. The van der Waals surface area contributed by atoms with Gasteiger partial charge in [0.05, 0.1) is 11.9 Å². The van der Waals surface area contributed by atoms with Gasteiger partial charge >= 0.3 is 0 Å². The van der Waals surface area contributed by atoms with E-state index in [0.29, 0.717) is 5.56 Å². The highest BCUT2D eigenvalue weighted by molar-refractivity contribution is 9.10. The van der Waals surface area contributed by atoms with Crippen LogP contribution in [-0.2, 0) is 0 Å². The fraction of sp³-hybridized carbons (Fsp3) is 0.0588. The Balaban J connectivity index is 2.04. The number of aromatic nitrogens is 1. The molecular formula is C17H13BrFN3S. The average Bonchev–Trinajstić information content (AvgIpc) is 2.96. The molecule has 2 aromatic carbocycles. The standard InChI is InChI=1S/C17H13BrFN3S/c1-20-17-22(21-10-12-3-2-4-15(19)9-12)16(11-23-17)13-5-7-14(18)8-6-13/h2-11H,1H3. The SMILES string of the molecule is CN=c1scc(-c2ccc(Br)cc2)n1N=Cc1cccc(F)c1. The molecule has 3 aromatic rings. The monoisotopic (exact) mass is 389 g/mol. The molecule has 0 radical (unpaired) electrons. The molecule has 0 bridgehead atoms. The second-order valence-electron chi connectivity index (χ2n) is 4.75. The van der Waals surface area contributed by atoms with Crippen molar-refractivity contribution in [1.29, 1.82) is 0 Å². The van der Waals surface area contributed by atoms with Gasteiger partial charge in [0.1, 0.15) is 5.82 Å². The second-order valence-corrected chi connectivity index (χ2v) is 6.50. The Bertz CT molecular complexity index is 910. The molecule has 0 saturated heterocycles. The van der Waals surface area contributed by atoms with Gasteiger partial charge in [-0.2, -0.15) is 5.10 Å². The summed E-state index contributed by atoms with van der Waals surface area (Å²) >= 11 is 4.95. The fourth-order valence-corrected chi connectivity index (χ4v) is 3.16. The minimum absolute atomic E-state index is 0.280. The largest absolute Gasteiger partial charge is 0.261 e. The van der Waals surface area contributed by atoms with Crippen LogP contribution in [0, 0.1) is 5.82 Å². The molecule has 0 atom stereocenters. The van der Waals surface area contributed by atoms with Crippen LogP contribution < -0.4 is 4.80 Å². The van der Waals surface area contributed by atoms with Gasteiger partial charge in [-0.1, -0.05) is 40.2 Å². The number of nitrogens with zero attached hydrogens (tertiary/aromatic N) is 3. The van der Waals surface area contributed by atoms with Crippen LogP contribution >= 0.6 is 27.3 Å². The Morgan fingerprint density at radius 3 is 2.65 bits per heavy atom. The van der Waals surface area contributed by atoms with Crippen molar-refractivity contribution >= 4 is 33.5 Å². The first-order valence-electron chi connectivity index (χ1n) is 6.86. The molecule has 1 heterocycles. The summed E-state index contributed by atoms with van der Waals surface area (Å²) in [5, 5.41) is 6.49. The van der Waals surface area contributed by atoms with Crippen LogP contribution in [0.1, 0.15) is 5.56 Å². The molecule has 0 N–H and O–H groups in total. The number of hydrogen-bond acceptors (Lipinski definition) is 3. The highest BCUT2D eigenvalue weighted by Gasteiger charge is 2.07. The van der Waals surface area contributed by atoms with Crippen molar-refractivity contribution in [2.75, 3.05) is 7.05 Å². The van der Waals surface area contributed by atoms with Crippen LogP contribution in [-0.4, -0.2) is 17.9 Å². The lowest BCUT2D eigenvalue weighted by Crippen LogP contribution is -2.11. The van der Waals surface area contributed by atoms with Crippen molar-refractivity contribution in [3.63, 3.8) is 0 Å². The highest BCUT2D eigenvalue weighted by Crippen LogP contribution is 2.22. The third kappa shape index (κ3) is 3.65. The Morgan fingerprint density at radius 1 is 1.17 bits per heavy atom. The van der Waals surface area contributed by atoms with Gasteiger partial charge in [-0.3, -0.25) is 4.99 Å². The summed E-state index contributed by atoms with van der Waals surface area (Å²) in [7, 11) is 1.73. The molecule has 23 heavy (non-hydrogen) atoms. The Labute approximate surface area is 145 Å². The molecule has 0 unspecified atom stereocenters. The van der Waals surface area contributed by atoms with Gasteiger partial charge in [-0.25, -0.2) is 9.07 Å². The summed E-state index contributed by atoms with van der Waals surface area (Å²) in [5.74, 6) is -0.280. The molecule has 0 aliphatic rings. The second kappa shape index (κ2) is 7.02. The first-order chi connectivity index (χ1) is 11.2. The van der Waals surface area contributed by atoms with Crippen LogP contribution in [0.3, 0.4) is 0 Å². The maximum absolute atomic E-state index is 13.3. The van der Waals surface area contributed by atoms with Crippen molar-refractivity contribution in [3.8, 4) is 11.3 Å². The van der Waals surface area contributed by atoms with Crippen molar-refractivity contribution in [3.05, 3.63) is 74.6 Å². The molecule has 0 spiro atoms.